The molecule has 0 radical (unpaired) electrons. The van der Waals surface area contributed by atoms with Crippen LogP contribution >= 0.6 is 0 Å². The van der Waals surface area contributed by atoms with Gasteiger partial charge < -0.3 is 20.0 Å². The quantitative estimate of drug-likeness (QED) is 0.405. The van der Waals surface area contributed by atoms with Crippen molar-refractivity contribution in [1.82, 2.24) is 19.8 Å². The second-order valence-corrected chi connectivity index (χ2v) is 8.92. The number of rotatable bonds is 3. The molecule has 2 fully saturated rings. The molecule has 0 bridgehead atoms. The second kappa shape index (κ2) is 13.4. The molecular formula is C24H23F7N4O6. The summed E-state index contributed by atoms with van der Waals surface area (Å²) in [4.78, 5) is 54.8. The van der Waals surface area contributed by atoms with E-state index in [1.165, 1.54) is 12.3 Å². The van der Waals surface area contributed by atoms with Crippen molar-refractivity contribution in [1.29, 1.82) is 0 Å². The first-order valence-corrected chi connectivity index (χ1v) is 11.7. The summed E-state index contributed by atoms with van der Waals surface area (Å²) in [5.74, 6) is -6.32. The first-order chi connectivity index (χ1) is 19.0. The fourth-order valence-electron chi connectivity index (χ4n) is 4.15. The number of pyridine rings is 2. The highest BCUT2D eigenvalue weighted by Crippen LogP contribution is 2.41. The molecule has 4 rings (SSSR count). The van der Waals surface area contributed by atoms with E-state index in [-0.39, 0.29) is 17.4 Å². The molecule has 1 spiro atoms. The molecule has 2 N–H and O–H groups in total. The number of likely N-dealkylation sites (tertiary alicyclic amines) is 2. The van der Waals surface area contributed by atoms with Gasteiger partial charge in [0.25, 0.3) is 5.91 Å². The van der Waals surface area contributed by atoms with Crippen LogP contribution in [0, 0.1) is 11.4 Å². The van der Waals surface area contributed by atoms with E-state index in [0.717, 1.165) is 30.9 Å². The average Bonchev–Trinajstić information content (AvgIpc) is 3.18. The number of carbonyl (C=O) groups is 4. The maximum absolute atomic E-state index is 13.4. The molecule has 2 saturated heterocycles. The van der Waals surface area contributed by atoms with Gasteiger partial charge >= 0.3 is 24.3 Å². The molecule has 41 heavy (non-hydrogen) atoms. The number of carboxylic acid groups (broad SMARTS) is 2. The van der Waals surface area contributed by atoms with Gasteiger partial charge in [-0.05, 0) is 43.0 Å². The zero-order valence-electron chi connectivity index (χ0n) is 21.0. The third-order valence-corrected chi connectivity index (χ3v) is 6.05. The molecule has 10 nitrogen and oxygen atoms in total. The van der Waals surface area contributed by atoms with Crippen molar-refractivity contribution in [2.45, 2.75) is 38.2 Å². The molecule has 0 aromatic carbocycles. The monoisotopic (exact) mass is 596 g/mol. The van der Waals surface area contributed by atoms with Gasteiger partial charge in [0.05, 0.1) is 5.41 Å². The average molecular weight is 596 g/mol. The molecule has 2 aromatic rings. The van der Waals surface area contributed by atoms with Crippen LogP contribution in [0.4, 0.5) is 30.7 Å². The second-order valence-electron chi connectivity index (χ2n) is 8.92. The van der Waals surface area contributed by atoms with Gasteiger partial charge in [0.1, 0.15) is 0 Å². The van der Waals surface area contributed by atoms with Gasteiger partial charge in [0, 0.05) is 56.4 Å². The highest BCUT2D eigenvalue weighted by molar-refractivity contribution is 5.95. The molecule has 1 atom stereocenters. The fourth-order valence-corrected chi connectivity index (χ4v) is 4.15. The highest BCUT2D eigenvalue weighted by atomic mass is 19.4. The summed E-state index contributed by atoms with van der Waals surface area (Å²) in [6.45, 7) is 2.23. The van der Waals surface area contributed by atoms with Crippen molar-refractivity contribution in [3.63, 3.8) is 0 Å². The lowest BCUT2D eigenvalue weighted by Gasteiger charge is -2.39. The minimum absolute atomic E-state index is 0.109. The lowest BCUT2D eigenvalue weighted by molar-refractivity contribution is -0.193. The molecule has 224 valence electrons. The molecule has 2 amide bonds. The summed E-state index contributed by atoms with van der Waals surface area (Å²) in [6.07, 6.45) is -3.13. The Morgan fingerprint density at radius 3 is 1.98 bits per heavy atom. The van der Waals surface area contributed by atoms with Crippen LogP contribution in [-0.2, 0) is 20.9 Å². The summed E-state index contributed by atoms with van der Waals surface area (Å²) in [6, 6.07) is 6.48. The van der Waals surface area contributed by atoms with Crippen LogP contribution in [0.25, 0.3) is 0 Å². The zero-order valence-corrected chi connectivity index (χ0v) is 21.0. The largest absolute Gasteiger partial charge is 0.490 e. The van der Waals surface area contributed by atoms with Gasteiger partial charge in [-0.15, -0.1) is 0 Å². The Kier molecular flexibility index (Phi) is 10.7. The minimum atomic E-state index is -5.08. The standard InChI is InChI=1S/C20H21FN4O2.2C2HF3O2/c21-17-12-16(4-9-23-17)18(26)25-10-1-5-20(14-25)6-11-24(19(20)27)13-15-2-7-22-8-3-15;2*3-2(4,5)1(6)7/h2-4,7-9,12H,1,5-6,10-11,13-14H2;2*(H,6,7). The molecule has 1 unspecified atom stereocenters. The summed E-state index contributed by atoms with van der Waals surface area (Å²) in [7, 11) is 0. The van der Waals surface area contributed by atoms with E-state index in [2.05, 4.69) is 9.97 Å². The van der Waals surface area contributed by atoms with Crippen molar-refractivity contribution in [3.8, 4) is 0 Å². The lowest BCUT2D eigenvalue weighted by atomic mass is 9.78. The van der Waals surface area contributed by atoms with Crippen LogP contribution in [-0.4, -0.2) is 85.7 Å². The lowest BCUT2D eigenvalue weighted by Crippen LogP contribution is -2.49. The Bertz CT molecular complexity index is 1220. The number of aromatic nitrogens is 2. The smallest absolute Gasteiger partial charge is 0.475 e. The van der Waals surface area contributed by atoms with Crippen LogP contribution in [0.15, 0.2) is 42.9 Å². The number of hydrogen-bond acceptors (Lipinski definition) is 6. The van der Waals surface area contributed by atoms with Crippen molar-refractivity contribution >= 4 is 23.8 Å². The van der Waals surface area contributed by atoms with Crippen LogP contribution in [0.5, 0.6) is 0 Å². The van der Waals surface area contributed by atoms with Gasteiger partial charge in [-0.25, -0.2) is 14.6 Å². The number of carboxylic acids is 2. The van der Waals surface area contributed by atoms with Crippen LogP contribution in [0.1, 0.15) is 35.2 Å². The van der Waals surface area contributed by atoms with Gasteiger partial charge in [0.15, 0.2) is 0 Å². The topological polar surface area (TPSA) is 141 Å². The number of hydrogen-bond donors (Lipinski definition) is 2. The Morgan fingerprint density at radius 2 is 1.46 bits per heavy atom. The predicted molar refractivity (Wildman–Crippen MR) is 123 cm³/mol. The minimum Gasteiger partial charge on any atom is -0.475 e. The first-order valence-electron chi connectivity index (χ1n) is 11.7. The van der Waals surface area contributed by atoms with Crippen molar-refractivity contribution in [2.24, 2.45) is 5.41 Å². The van der Waals surface area contributed by atoms with Gasteiger partial charge in [-0.3, -0.25) is 14.6 Å². The molecule has 2 aliphatic rings. The Balaban J connectivity index is 0.000000349. The molecule has 17 heteroatoms. The number of alkyl halides is 6. The molecular weight excluding hydrogens is 573 g/mol. The molecule has 0 saturated carbocycles. The van der Waals surface area contributed by atoms with Crippen molar-refractivity contribution in [3.05, 3.63) is 59.9 Å². The Morgan fingerprint density at radius 1 is 0.902 bits per heavy atom. The number of piperidine rings is 1. The normalized spacial score (nSPS) is 18.7. The highest BCUT2D eigenvalue weighted by Gasteiger charge is 2.49. The third-order valence-electron chi connectivity index (χ3n) is 6.05. The van der Waals surface area contributed by atoms with E-state index in [1.807, 2.05) is 17.0 Å². The van der Waals surface area contributed by atoms with Gasteiger partial charge in [-0.1, -0.05) is 0 Å². The first kappa shape index (κ1) is 32.9. The number of carbonyl (C=O) groups excluding carboxylic acids is 2. The number of amides is 2. The van der Waals surface area contributed by atoms with Crippen molar-refractivity contribution in [2.75, 3.05) is 19.6 Å². The maximum atomic E-state index is 13.4. The Labute approximate surface area is 227 Å². The van der Waals surface area contributed by atoms with Crippen LogP contribution in [0.2, 0.25) is 0 Å². The number of nitrogens with zero attached hydrogens (tertiary/aromatic N) is 4. The molecule has 2 aliphatic heterocycles. The van der Waals surface area contributed by atoms with E-state index in [0.29, 0.717) is 26.2 Å². The van der Waals surface area contributed by atoms with E-state index in [1.54, 1.807) is 17.3 Å². The fraction of sp³-hybridized carbons (Fsp3) is 0.417. The van der Waals surface area contributed by atoms with E-state index in [4.69, 9.17) is 19.8 Å². The zero-order chi connectivity index (χ0) is 31.0. The molecule has 2 aromatic heterocycles. The summed E-state index contributed by atoms with van der Waals surface area (Å²) in [5.41, 5.74) is 0.803. The maximum Gasteiger partial charge on any atom is 0.490 e. The SMILES string of the molecule is O=C(O)C(F)(F)F.O=C(O)C(F)(F)F.O=C(c1ccnc(F)c1)N1CCCC2(CCN(Cc3ccncc3)C2=O)C1. The van der Waals surface area contributed by atoms with Gasteiger partial charge in [0.2, 0.25) is 11.9 Å². The molecule has 4 heterocycles. The summed E-state index contributed by atoms with van der Waals surface area (Å²) < 4.78 is 76.8. The van der Waals surface area contributed by atoms with E-state index >= 15 is 0 Å². The summed E-state index contributed by atoms with van der Waals surface area (Å²) in [5, 5.41) is 14.2. The third kappa shape index (κ3) is 9.39. The Hall–Kier alpha value is -4.31. The summed E-state index contributed by atoms with van der Waals surface area (Å²) >= 11 is 0. The van der Waals surface area contributed by atoms with Crippen LogP contribution < -0.4 is 0 Å². The number of aliphatic carboxylic acids is 2. The molecule has 0 aliphatic carbocycles. The van der Waals surface area contributed by atoms with E-state index in [9.17, 15) is 40.3 Å². The predicted octanol–water partition coefficient (Wildman–Crippen LogP) is 3.54. The number of halogens is 7. The van der Waals surface area contributed by atoms with Crippen LogP contribution in [0.3, 0.4) is 0 Å². The van der Waals surface area contributed by atoms with Crippen molar-refractivity contribution < 1.29 is 60.1 Å². The van der Waals surface area contributed by atoms with E-state index < -0.39 is 35.7 Å². The van der Waals surface area contributed by atoms with Gasteiger partial charge in [-0.2, -0.15) is 30.7 Å².